The van der Waals surface area contributed by atoms with E-state index in [9.17, 15) is 4.79 Å². The van der Waals surface area contributed by atoms with E-state index in [-0.39, 0.29) is 6.10 Å². The van der Waals surface area contributed by atoms with Gasteiger partial charge in [0.25, 0.3) is 0 Å². The summed E-state index contributed by atoms with van der Waals surface area (Å²) in [6, 6.07) is 0. The first-order valence-electron chi connectivity index (χ1n) is 3.45. The van der Waals surface area contributed by atoms with Crippen molar-refractivity contribution in [3.8, 4) is 0 Å². The molecule has 66 valence electrons. The van der Waals surface area contributed by atoms with Crippen LogP contribution in [0.15, 0.2) is 0 Å². The van der Waals surface area contributed by atoms with Crippen LogP contribution >= 0.6 is 0 Å². The summed E-state index contributed by atoms with van der Waals surface area (Å²) in [6.07, 6.45) is -0.815. The van der Waals surface area contributed by atoms with Gasteiger partial charge in [0, 0.05) is 7.11 Å². The molecule has 0 radical (unpaired) electrons. The van der Waals surface area contributed by atoms with Crippen molar-refractivity contribution in [2.24, 2.45) is 0 Å². The Morgan fingerprint density at radius 1 is 1.55 bits per heavy atom. The highest BCUT2D eigenvalue weighted by Gasteiger charge is 2.11. The van der Waals surface area contributed by atoms with Gasteiger partial charge in [0.15, 0.2) is 6.10 Å². The lowest BCUT2D eigenvalue weighted by atomic mass is 10.4. The van der Waals surface area contributed by atoms with Crippen molar-refractivity contribution in [3.63, 3.8) is 0 Å². The van der Waals surface area contributed by atoms with Crippen LogP contribution in [0.1, 0.15) is 13.8 Å². The lowest BCUT2D eigenvalue weighted by Crippen LogP contribution is -2.25. The van der Waals surface area contributed by atoms with Gasteiger partial charge in [-0.25, -0.2) is 4.79 Å². The summed E-state index contributed by atoms with van der Waals surface area (Å²) < 4.78 is 9.79. The first-order valence-corrected chi connectivity index (χ1v) is 3.45. The standard InChI is InChI=1S/C7H14O4/c1-5(10-3)4-11-6(2)7(8)9/h5-6H,4H2,1-3H3,(H,8,9). The number of aliphatic carboxylic acids is 1. The van der Waals surface area contributed by atoms with Crippen molar-refractivity contribution in [2.75, 3.05) is 13.7 Å². The zero-order valence-corrected chi connectivity index (χ0v) is 7.03. The molecule has 0 fully saturated rings. The number of rotatable bonds is 5. The van der Waals surface area contributed by atoms with Crippen LogP contribution in [-0.4, -0.2) is 37.0 Å². The van der Waals surface area contributed by atoms with Crippen molar-refractivity contribution in [1.29, 1.82) is 0 Å². The number of methoxy groups -OCH3 is 1. The van der Waals surface area contributed by atoms with E-state index >= 15 is 0 Å². The Bertz CT molecular complexity index is 124. The van der Waals surface area contributed by atoms with Crippen molar-refractivity contribution < 1.29 is 19.4 Å². The average molecular weight is 162 g/mol. The molecule has 0 heterocycles. The second kappa shape index (κ2) is 5.09. The number of hydrogen-bond acceptors (Lipinski definition) is 3. The zero-order valence-electron chi connectivity index (χ0n) is 7.03. The highest BCUT2D eigenvalue weighted by atomic mass is 16.5. The highest BCUT2D eigenvalue weighted by Crippen LogP contribution is 1.94. The summed E-state index contributed by atoms with van der Waals surface area (Å²) in [4.78, 5) is 10.2. The molecule has 0 aliphatic rings. The van der Waals surface area contributed by atoms with Gasteiger partial charge in [-0.3, -0.25) is 0 Å². The normalized spacial score (nSPS) is 15.9. The Labute approximate surface area is 66.1 Å². The molecule has 2 unspecified atom stereocenters. The predicted molar refractivity (Wildman–Crippen MR) is 39.5 cm³/mol. The highest BCUT2D eigenvalue weighted by molar-refractivity contribution is 5.71. The smallest absolute Gasteiger partial charge is 0.332 e. The summed E-state index contributed by atoms with van der Waals surface area (Å²) in [5, 5.41) is 8.40. The molecule has 0 bridgehead atoms. The van der Waals surface area contributed by atoms with E-state index in [4.69, 9.17) is 14.6 Å². The summed E-state index contributed by atoms with van der Waals surface area (Å²) in [7, 11) is 1.56. The fourth-order valence-electron chi connectivity index (χ4n) is 0.419. The fraction of sp³-hybridized carbons (Fsp3) is 0.857. The first-order chi connectivity index (χ1) is 5.07. The van der Waals surface area contributed by atoms with E-state index < -0.39 is 12.1 Å². The molecule has 0 aromatic heterocycles. The molecule has 0 aromatic rings. The molecule has 1 N–H and O–H groups in total. The minimum absolute atomic E-state index is 0.0585. The number of carbonyl (C=O) groups is 1. The summed E-state index contributed by atoms with van der Waals surface area (Å²) in [5.41, 5.74) is 0. The van der Waals surface area contributed by atoms with Crippen LogP contribution in [0.2, 0.25) is 0 Å². The molecule has 11 heavy (non-hydrogen) atoms. The Morgan fingerprint density at radius 3 is 2.45 bits per heavy atom. The van der Waals surface area contributed by atoms with Gasteiger partial charge in [-0.15, -0.1) is 0 Å². The van der Waals surface area contributed by atoms with Crippen molar-refractivity contribution in [1.82, 2.24) is 0 Å². The second-order valence-corrected chi connectivity index (χ2v) is 2.36. The van der Waals surface area contributed by atoms with Gasteiger partial charge in [-0.05, 0) is 13.8 Å². The first kappa shape index (κ1) is 10.4. The molecule has 4 nitrogen and oxygen atoms in total. The van der Waals surface area contributed by atoms with Gasteiger partial charge in [0.05, 0.1) is 12.7 Å². The van der Waals surface area contributed by atoms with Crippen LogP contribution in [0, 0.1) is 0 Å². The Hall–Kier alpha value is -0.610. The fourth-order valence-corrected chi connectivity index (χ4v) is 0.419. The average Bonchev–Trinajstić information content (AvgIpc) is 1.99. The van der Waals surface area contributed by atoms with Gasteiger partial charge in [-0.1, -0.05) is 0 Å². The van der Waals surface area contributed by atoms with Crippen LogP contribution in [0.5, 0.6) is 0 Å². The molecule has 2 atom stereocenters. The number of carboxylic acids is 1. The van der Waals surface area contributed by atoms with E-state index in [1.807, 2.05) is 6.92 Å². The van der Waals surface area contributed by atoms with E-state index in [0.29, 0.717) is 6.61 Å². The number of hydrogen-bond donors (Lipinski definition) is 1. The van der Waals surface area contributed by atoms with Crippen molar-refractivity contribution in [2.45, 2.75) is 26.1 Å². The van der Waals surface area contributed by atoms with E-state index in [1.54, 1.807) is 7.11 Å². The lowest BCUT2D eigenvalue weighted by Gasteiger charge is -2.12. The molecule has 0 saturated carbocycles. The van der Waals surface area contributed by atoms with Gasteiger partial charge < -0.3 is 14.6 Å². The van der Waals surface area contributed by atoms with Crippen LogP contribution in [0.4, 0.5) is 0 Å². The maximum Gasteiger partial charge on any atom is 0.332 e. The molecule has 0 aliphatic carbocycles. The topological polar surface area (TPSA) is 55.8 Å². The van der Waals surface area contributed by atoms with E-state index in [0.717, 1.165) is 0 Å². The SMILES string of the molecule is COC(C)COC(C)C(=O)O. The van der Waals surface area contributed by atoms with Crippen LogP contribution in [0.3, 0.4) is 0 Å². The second-order valence-electron chi connectivity index (χ2n) is 2.36. The predicted octanol–water partition coefficient (Wildman–Crippen LogP) is 0.511. The third-order valence-electron chi connectivity index (χ3n) is 1.33. The van der Waals surface area contributed by atoms with Crippen LogP contribution in [-0.2, 0) is 14.3 Å². The van der Waals surface area contributed by atoms with Crippen LogP contribution < -0.4 is 0 Å². The Kier molecular flexibility index (Phi) is 4.81. The molecule has 0 aromatic carbocycles. The lowest BCUT2D eigenvalue weighted by molar-refractivity contribution is -0.150. The van der Waals surface area contributed by atoms with Gasteiger partial charge >= 0.3 is 5.97 Å². The molecule has 0 rings (SSSR count). The monoisotopic (exact) mass is 162 g/mol. The van der Waals surface area contributed by atoms with Gasteiger partial charge in [0.2, 0.25) is 0 Å². The molecule has 0 amide bonds. The third kappa shape index (κ3) is 4.75. The largest absolute Gasteiger partial charge is 0.479 e. The van der Waals surface area contributed by atoms with Crippen molar-refractivity contribution in [3.05, 3.63) is 0 Å². The number of ether oxygens (including phenoxy) is 2. The van der Waals surface area contributed by atoms with Crippen molar-refractivity contribution >= 4 is 5.97 Å². The maximum atomic E-state index is 10.2. The van der Waals surface area contributed by atoms with Gasteiger partial charge in [0.1, 0.15) is 0 Å². The molecule has 0 aliphatic heterocycles. The maximum absolute atomic E-state index is 10.2. The molecule has 0 spiro atoms. The van der Waals surface area contributed by atoms with E-state index in [2.05, 4.69) is 0 Å². The van der Waals surface area contributed by atoms with E-state index in [1.165, 1.54) is 6.92 Å². The minimum atomic E-state index is -0.951. The summed E-state index contributed by atoms with van der Waals surface area (Å²) in [6.45, 7) is 3.61. The third-order valence-corrected chi connectivity index (χ3v) is 1.33. The molecule has 4 heteroatoms. The zero-order chi connectivity index (χ0) is 8.85. The quantitative estimate of drug-likeness (QED) is 0.640. The molecule has 0 saturated heterocycles. The summed E-state index contributed by atoms with van der Waals surface area (Å²) >= 11 is 0. The molecular weight excluding hydrogens is 148 g/mol. The summed E-state index contributed by atoms with van der Waals surface area (Å²) in [5.74, 6) is -0.951. The molecular formula is C7H14O4. The van der Waals surface area contributed by atoms with Gasteiger partial charge in [-0.2, -0.15) is 0 Å². The Balaban J connectivity index is 3.45. The minimum Gasteiger partial charge on any atom is -0.479 e. The Morgan fingerprint density at radius 2 is 2.09 bits per heavy atom. The van der Waals surface area contributed by atoms with Crippen LogP contribution in [0.25, 0.3) is 0 Å². The number of carboxylic acid groups (broad SMARTS) is 1.